The van der Waals surface area contributed by atoms with Crippen LogP contribution in [0.3, 0.4) is 0 Å². The maximum atomic E-state index is 11.8. The lowest BCUT2D eigenvalue weighted by Gasteiger charge is -2.36. The summed E-state index contributed by atoms with van der Waals surface area (Å²) in [6.45, 7) is 5.21. The van der Waals surface area contributed by atoms with E-state index in [2.05, 4.69) is 16.8 Å². The van der Waals surface area contributed by atoms with Crippen LogP contribution in [0.15, 0.2) is 6.07 Å². The molecule has 0 N–H and O–H groups in total. The van der Waals surface area contributed by atoms with Gasteiger partial charge in [-0.1, -0.05) is 6.92 Å². The zero-order chi connectivity index (χ0) is 17.3. The van der Waals surface area contributed by atoms with Gasteiger partial charge in [0, 0.05) is 37.4 Å². The van der Waals surface area contributed by atoms with Gasteiger partial charge >= 0.3 is 0 Å². The van der Waals surface area contributed by atoms with Gasteiger partial charge in [0.15, 0.2) is 9.84 Å². The monoisotopic (exact) mass is 352 g/mol. The molecule has 3 rings (SSSR count). The molecule has 0 spiro atoms. The van der Waals surface area contributed by atoms with Crippen LogP contribution in [-0.4, -0.2) is 55.6 Å². The zero-order valence-corrected chi connectivity index (χ0v) is 15.7. The number of nitrogens with zero attached hydrogens (tertiary/aromatic N) is 4. The van der Waals surface area contributed by atoms with E-state index in [0.29, 0.717) is 12.5 Å². The highest BCUT2D eigenvalue weighted by Gasteiger charge is 2.32. The number of aryl methyl sites for hydroxylation is 1. The number of anilines is 2. The lowest BCUT2D eigenvalue weighted by molar-refractivity contribution is 0.443. The highest BCUT2D eigenvalue weighted by atomic mass is 32.2. The topological polar surface area (TPSA) is 66.4 Å². The summed E-state index contributed by atoms with van der Waals surface area (Å²) in [5.41, 5.74) is 0.933. The molecule has 0 aliphatic carbocycles. The van der Waals surface area contributed by atoms with Crippen molar-refractivity contribution >= 4 is 21.6 Å². The van der Waals surface area contributed by atoms with Crippen molar-refractivity contribution in [2.75, 3.05) is 34.9 Å². The maximum absolute atomic E-state index is 11.8. The summed E-state index contributed by atoms with van der Waals surface area (Å²) >= 11 is 0. The number of hydrogen-bond donors (Lipinski definition) is 0. The molecule has 1 aromatic rings. The van der Waals surface area contributed by atoms with Gasteiger partial charge in [0.1, 0.15) is 5.82 Å². The summed E-state index contributed by atoms with van der Waals surface area (Å²) in [4.78, 5) is 13.8. The Morgan fingerprint density at radius 2 is 2.08 bits per heavy atom. The molecule has 1 aromatic heterocycles. The van der Waals surface area contributed by atoms with E-state index >= 15 is 0 Å². The fourth-order valence-electron chi connectivity index (χ4n) is 3.80. The molecule has 0 radical (unpaired) electrons. The average Bonchev–Trinajstić information content (AvgIpc) is 2.93. The summed E-state index contributed by atoms with van der Waals surface area (Å²) in [6.07, 6.45) is 5.43. The third-order valence-electron chi connectivity index (χ3n) is 5.30. The number of aromatic nitrogens is 2. The summed E-state index contributed by atoms with van der Waals surface area (Å²) in [5.74, 6) is 2.14. The number of sulfone groups is 1. The molecule has 0 amide bonds. The van der Waals surface area contributed by atoms with Crippen molar-refractivity contribution < 1.29 is 8.42 Å². The van der Waals surface area contributed by atoms with Crippen molar-refractivity contribution in [3.8, 4) is 0 Å². The zero-order valence-electron chi connectivity index (χ0n) is 14.9. The Labute approximate surface area is 145 Å². The molecule has 2 aliphatic heterocycles. The highest BCUT2D eigenvalue weighted by Crippen LogP contribution is 2.27. The predicted molar refractivity (Wildman–Crippen MR) is 97.5 cm³/mol. The van der Waals surface area contributed by atoms with Gasteiger partial charge in [-0.05, 0) is 39.0 Å². The van der Waals surface area contributed by atoms with Crippen LogP contribution in [0.4, 0.5) is 11.8 Å². The summed E-state index contributed by atoms with van der Waals surface area (Å²) < 4.78 is 23.5. The smallest absolute Gasteiger partial charge is 0.227 e. The van der Waals surface area contributed by atoms with E-state index in [9.17, 15) is 8.42 Å². The van der Waals surface area contributed by atoms with E-state index in [4.69, 9.17) is 4.98 Å². The van der Waals surface area contributed by atoms with Gasteiger partial charge in [-0.25, -0.2) is 13.4 Å². The van der Waals surface area contributed by atoms with Gasteiger partial charge in [-0.3, -0.25) is 0 Å². The molecule has 134 valence electrons. The Bertz CT molecular complexity index is 692. The van der Waals surface area contributed by atoms with E-state index in [1.807, 2.05) is 24.9 Å². The van der Waals surface area contributed by atoms with Gasteiger partial charge < -0.3 is 9.80 Å². The largest absolute Gasteiger partial charge is 0.355 e. The molecular formula is C17H28N4O2S. The van der Waals surface area contributed by atoms with E-state index < -0.39 is 9.84 Å². The number of hydrogen-bond acceptors (Lipinski definition) is 6. The van der Waals surface area contributed by atoms with Crippen LogP contribution >= 0.6 is 0 Å². The van der Waals surface area contributed by atoms with Crippen LogP contribution in [0.1, 0.15) is 44.7 Å². The molecule has 0 saturated carbocycles. The first-order valence-electron chi connectivity index (χ1n) is 8.95. The van der Waals surface area contributed by atoms with Gasteiger partial charge in [0.25, 0.3) is 0 Å². The molecule has 0 bridgehead atoms. The lowest BCUT2D eigenvalue weighted by atomic mass is 10.0. The van der Waals surface area contributed by atoms with Crippen molar-refractivity contribution in [2.45, 2.75) is 58.0 Å². The van der Waals surface area contributed by atoms with Crippen LogP contribution in [0.2, 0.25) is 0 Å². The van der Waals surface area contributed by atoms with Gasteiger partial charge in [-0.2, -0.15) is 4.98 Å². The molecule has 0 aromatic carbocycles. The second-order valence-corrected chi connectivity index (χ2v) is 9.32. The van der Waals surface area contributed by atoms with Gasteiger partial charge in [0.2, 0.25) is 5.95 Å². The summed E-state index contributed by atoms with van der Waals surface area (Å²) in [6, 6.07) is 2.48. The molecule has 2 fully saturated rings. The minimum Gasteiger partial charge on any atom is -0.355 e. The molecule has 2 aliphatic rings. The first-order chi connectivity index (χ1) is 11.4. The Morgan fingerprint density at radius 3 is 2.75 bits per heavy atom. The van der Waals surface area contributed by atoms with Crippen molar-refractivity contribution in [3.05, 3.63) is 11.8 Å². The van der Waals surface area contributed by atoms with Crippen LogP contribution in [0, 0.1) is 6.92 Å². The molecule has 3 heterocycles. The second kappa shape index (κ2) is 6.86. The molecule has 2 saturated heterocycles. The molecule has 7 heteroatoms. The van der Waals surface area contributed by atoms with Crippen LogP contribution in [0.5, 0.6) is 0 Å². The van der Waals surface area contributed by atoms with E-state index in [-0.39, 0.29) is 17.5 Å². The minimum absolute atomic E-state index is 0.0143. The van der Waals surface area contributed by atoms with E-state index in [1.54, 1.807) is 0 Å². The van der Waals surface area contributed by atoms with Crippen LogP contribution < -0.4 is 9.80 Å². The van der Waals surface area contributed by atoms with Gasteiger partial charge in [0.05, 0.1) is 11.5 Å². The first-order valence-corrected chi connectivity index (χ1v) is 10.8. The molecule has 24 heavy (non-hydrogen) atoms. The fraction of sp³-hybridized carbons (Fsp3) is 0.765. The second-order valence-electron chi connectivity index (χ2n) is 7.09. The maximum Gasteiger partial charge on any atom is 0.227 e. The molecule has 2 atom stereocenters. The number of rotatable bonds is 4. The average molecular weight is 353 g/mol. The predicted octanol–water partition coefficient (Wildman–Crippen LogP) is 2.18. The molecule has 2 unspecified atom stereocenters. The van der Waals surface area contributed by atoms with Crippen molar-refractivity contribution in [2.24, 2.45) is 0 Å². The minimum atomic E-state index is -2.90. The Kier molecular flexibility index (Phi) is 4.99. The lowest BCUT2D eigenvalue weighted by Crippen LogP contribution is -2.41. The normalized spacial score (nSPS) is 26.5. The van der Waals surface area contributed by atoms with Crippen LogP contribution in [-0.2, 0) is 9.84 Å². The summed E-state index contributed by atoms with van der Waals surface area (Å²) in [5, 5.41) is 0. The Hall–Kier alpha value is -1.37. The Morgan fingerprint density at radius 1 is 1.29 bits per heavy atom. The van der Waals surface area contributed by atoms with Crippen molar-refractivity contribution in [1.29, 1.82) is 0 Å². The van der Waals surface area contributed by atoms with Crippen molar-refractivity contribution in [3.63, 3.8) is 0 Å². The molecule has 6 nitrogen and oxygen atoms in total. The standard InChI is InChI=1S/C17H28N4O2S/c1-4-14-7-5-6-9-21(14)17-18-13(2)11-16(19-17)20(3)15-8-10-24(22,23)12-15/h11,14-15H,4-10,12H2,1-3H3. The number of piperidine rings is 1. The molecular weight excluding hydrogens is 324 g/mol. The SMILES string of the molecule is CCC1CCCCN1c1nc(C)cc(N(C)C2CCS(=O)(=O)C2)n1. The van der Waals surface area contributed by atoms with Crippen LogP contribution in [0.25, 0.3) is 0 Å². The van der Waals surface area contributed by atoms with Crippen molar-refractivity contribution in [1.82, 2.24) is 9.97 Å². The highest BCUT2D eigenvalue weighted by molar-refractivity contribution is 7.91. The first kappa shape index (κ1) is 17.5. The van der Waals surface area contributed by atoms with E-state index in [1.165, 1.54) is 19.3 Å². The summed E-state index contributed by atoms with van der Waals surface area (Å²) in [7, 11) is -0.948. The van der Waals surface area contributed by atoms with E-state index in [0.717, 1.165) is 30.4 Å². The third kappa shape index (κ3) is 3.66. The fourth-order valence-corrected chi connectivity index (χ4v) is 5.58. The quantitative estimate of drug-likeness (QED) is 0.827. The van der Waals surface area contributed by atoms with Gasteiger partial charge in [-0.15, -0.1) is 0 Å². The third-order valence-corrected chi connectivity index (χ3v) is 7.05. The Balaban J connectivity index is 1.86.